The Morgan fingerprint density at radius 3 is 2.50 bits per heavy atom. The van der Waals surface area contributed by atoms with E-state index in [-0.39, 0.29) is 18.3 Å². The zero-order chi connectivity index (χ0) is 18.5. The van der Waals surface area contributed by atoms with Crippen LogP contribution in [0.5, 0.6) is 11.5 Å². The number of phenolic OH excluding ortho intramolecular Hbond substituents is 1. The van der Waals surface area contributed by atoms with Crippen molar-refractivity contribution in [2.45, 2.75) is 0 Å². The Kier molecular flexibility index (Phi) is 5.90. The second-order valence-corrected chi connectivity index (χ2v) is 7.13. The zero-order valence-electron chi connectivity index (χ0n) is 13.4. The highest BCUT2D eigenvalue weighted by Gasteiger charge is 2.05. The first-order valence-electron chi connectivity index (χ1n) is 7.64. The van der Waals surface area contributed by atoms with Crippen molar-refractivity contribution in [3.8, 4) is 11.5 Å². The van der Waals surface area contributed by atoms with E-state index in [1.165, 1.54) is 6.21 Å². The van der Waals surface area contributed by atoms with Crippen LogP contribution in [-0.2, 0) is 4.79 Å². The predicted octanol–water partition coefficient (Wildman–Crippen LogP) is 4.60. The number of nitrogens with zero attached hydrogens (tertiary/aromatic N) is 1. The smallest absolute Gasteiger partial charge is 0.277 e. The van der Waals surface area contributed by atoms with Crippen LogP contribution in [0.2, 0.25) is 0 Å². The third-order valence-electron chi connectivity index (χ3n) is 3.53. The molecule has 1 amide bonds. The molecular weight excluding hydrogens is 464 g/mol. The minimum Gasteiger partial charge on any atom is -0.506 e. The van der Waals surface area contributed by atoms with Crippen LogP contribution in [0.3, 0.4) is 0 Å². The van der Waals surface area contributed by atoms with Gasteiger partial charge in [-0.3, -0.25) is 4.79 Å². The molecule has 0 saturated carbocycles. The zero-order valence-corrected chi connectivity index (χ0v) is 16.6. The van der Waals surface area contributed by atoms with E-state index in [9.17, 15) is 9.90 Å². The molecule has 0 saturated heterocycles. The van der Waals surface area contributed by atoms with Crippen LogP contribution in [0.1, 0.15) is 5.56 Å². The van der Waals surface area contributed by atoms with E-state index in [0.717, 1.165) is 10.8 Å². The molecule has 3 aromatic carbocycles. The van der Waals surface area contributed by atoms with Crippen molar-refractivity contribution in [2.75, 3.05) is 6.61 Å². The molecule has 0 unspecified atom stereocenters. The fraction of sp³-hybridized carbons (Fsp3) is 0.0526. The number of carbonyl (C=O) groups is 1. The largest absolute Gasteiger partial charge is 0.506 e. The molecular formula is C19H14Br2N2O3. The first-order valence-corrected chi connectivity index (χ1v) is 9.23. The van der Waals surface area contributed by atoms with Crippen molar-refractivity contribution < 1.29 is 14.6 Å². The van der Waals surface area contributed by atoms with Crippen molar-refractivity contribution >= 4 is 54.8 Å². The number of phenols is 1. The molecule has 0 aliphatic heterocycles. The van der Waals surface area contributed by atoms with E-state index in [1.807, 2.05) is 42.5 Å². The molecule has 0 atom stereocenters. The van der Waals surface area contributed by atoms with Gasteiger partial charge in [0.05, 0.1) is 15.2 Å². The number of aromatic hydroxyl groups is 1. The van der Waals surface area contributed by atoms with Gasteiger partial charge in [-0.05, 0) is 72.5 Å². The maximum atomic E-state index is 11.8. The first kappa shape index (κ1) is 18.4. The summed E-state index contributed by atoms with van der Waals surface area (Å²) < 4.78 is 6.55. The standard InChI is InChI=1S/C19H14Br2N2O3/c20-16-7-12(8-17(21)19(16)25)10-22-23-18(24)11-26-15-6-5-13-3-1-2-4-14(13)9-15/h1-10,25H,11H2,(H,23,24)/b22-10-. The van der Waals surface area contributed by atoms with Gasteiger partial charge < -0.3 is 9.84 Å². The minimum atomic E-state index is -0.369. The Hall–Kier alpha value is -2.38. The summed E-state index contributed by atoms with van der Waals surface area (Å²) in [5, 5.41) is 15.7. The van der Waals surface area contributed by atoms with Crippen LogP contribution in [-0.4, -0.2) is 23.8 Å². The van der Waals surface area contributed by atoms with Crippen molar-refractivity contribution in [2.24, 2.45) is 5.10 Å². The van der Waals surface area contributed by atoms with Crippen molar-refractivity contribution in [3.05, 3.63) is 69.1 Å². The van der Waals surface area contributed by atoms with Gasteiger partial charge in [-0.2, -0.15) is 5.10 Å². The summed E-state index contributed by atoms with van der Waals surface area (Å²) in [4.78, 5) is 11.8. The number of ether oxygens (including phenoxy) is 1. The van der Waals surface area contributed by atoms with Crippen LogP contribution in [0.25, 0.3) is 10.8 Å². The van der Waals surface area contributed by atoms with Gasteiger partial charge >= 0.3 is 0 Å². The summed E-state index contributed by atoms with van der Waals surface area (Å²) in [6.07, 6.45) is 1.48. The van der Waals surface area contributed by atoms with Crippen molar-refractivity contribution in [3.63, 3.8) is 0 Å². The Morgan fingerprint density at radius 2 is 1.77 bits per heavy atom. The average molecular weight is 478 g/mol. The highest BCUT2D eigenvalue weighted by Crippen LogP contribution is 2.32. The van der Waals surface area contributed by atoms with Gasteiger partial charge in [-0.15, -0.1) is 0 Å². The Bertz CT molecular complexity index is 966. The van der Waals surface area contributed by atoms with Gasteiger partial charge in [0.15, 0.2) is 6.61 Å². The minimum absolute atomic E-state index is 0.106. The Labute approximate surface area is 166 Å². The fourth-order valence-corrected chi connectivity index (χ4v) is 3.50. The van der Waals surface area contributed by atoms with Crippen LogP contribution >= 0.6 is 31.9 Å². The molecule has 132 valence electrons. The summed E-state index contributed by atoms with van der Waals surface area (Å²) in [5.41, 5.74) is 3.11. The summed E-state index contributed by atoms with van der Waals surface area (Å²) in [6, 6.07) is 16.9. The average Bonchev–Trinajstić information content (AvgIpc) is 2.64. The quantitative estimate of drug-likeness (QED) is 0.416. The highest BCUT2D eigenvalue weighted by atomic mass is 79.9. The normalized spacial score (nSPS) is 11.0. The fourth-order valence-electron chi connectivity index (χ4n) is 2.28. The molecule has 2 N–H and O–H groups in total. The molecule has 0 aliphatic carbocycles. The van der Waals surface area contributed by atoms with E-state index in [4.69, 9.17) is 4.74 Å². The lowest BCUT2D eigenvalue weighted by atomic mass is 10.1. The van der Waals surface area contributed by atoms with Gasteiger partial charge in [-0.1, -0.05) is 30.3 Å². The molecule has 7 heteroatoms. The second-order valence-electron chi connectivity index (χ2n) is 5.42. The monoisotopic (exact) mass is 476 g/mol. The van der Waals surface area contributed by atoms with Crippen molar-refractivity contribution in [1.29, 1.82) is 0 Å². The molecule has 3 rings (SSSR count). The summed E-state index contributed by atoms with van der Waals surface area (Å²) >= 11 is 6.47. The summed E-state index contributed by atoms with van der Waals surface area (Å²) in [6.45, 7) is -0.140. The van der Waals surface area contributed by atoms with Crippen LogP contribution in [0.4, 0.5) is 0 Å². The van der Waals surface area contributed by atoms with E-state index in [1.54, 1.807) is 12.1 Å². The van der Waals surface area contributed by atoms with Gasteiger partial charge in [0.2, 0.25) is 0 Å². The molecule has 0 radical (unpaired) electrons. The lowest BCUT2D eigenvalue weighted by Crippen LogP contribution is -2.24. The Morgan fingerprint density at radius 1 is 1.08 bits per heavy atom. The molecule has 0 aliphatic rings. The van der Waals surface area contributed by atoms with Crippen LogP contribution < -0.4 is 10.2 Å². The third kappa shape index (κ3) is 4.62. The number of carbonyl (C=O) groups excluding carboxylic acids is 1. The Balaban J connectivity index is 1.55. The second kappa shape index (κ2) is 8.33. The molecule has 0 spiro atoms. The van der Waals surface area contributed by atoms with Gasteiger partial charge in [-0.25, -0.2) is 5.43 Å². The van der Waals surface area contributed by atoms with E-state index >= 15 is 0 Å². The number of rotatable bonds is 5. The van der Waals surface area contributed by atoms with E-state index in [2.05, 4.69) is 42.4 Å². The van der Waals surface area contributed by atoms with Crippen LogP contribution in [0, 0.1) is 0 Å². The SMILES string of the molecule is O=C(COc1ccc2ccccc2c1)N/N=C\c1cc(Br)c(O)c(Br)c1. The van der Waals surface area contributed by atoms with E-state index < -0.39 is 0 Å². The molecule has 3 aromatic rings. The highest BCUT2D eigenvalue weighted by molar-refractivity contribution is 9.11. The number of fused-ring (bicyclic) bond motifs is 1. The molecule has 0 bridgehead atoms. The van der Waals surface area contributed by atoms with Crippen LogP contribution in [0.15, 0.2) is 68.6 Å². The van der Waals surface area contributed by atoms with E-state index in [0.29, 0.717) is 20.3 Å². The van der Waals surface area contributed by atoms with Gasteiger partial charge in [0.25, 0.3) is 5.91 Å². The maximum Gasteiger partial charge on any atom is 0.277 e. The summed E-state index contributed by atoms with van der Waals surface area (Å²) in [7, 11) is 0. The van der Waals surface area contributed by atoms with Gasteiger partial charge in [0.1, 0.15) is 11.5 Å². The summed E-state index contributed by atoms with van der Waals surface area (Å²) in [5.74, 6) is 0.357. The number of hydrazone groups is 1. The molecule has 26 heavy (non-hydrogen) atoms. The number of amides is 1. The molecule has 0 fully saturated rings. The maximum absolute atomic E-state index is 11.8. The first-order chi connectivity index (χ1) is 12.5. The third-order valence-corrected chi connectivity index (χ3v) is 4.74. The number of hydrogen-bond acceptors (Lipinski definition) is 4. The lowest BCUT2D eigenvalue weighted by Gasteiger charge is -2.06. The molecule has 5 nitrogen and oxygen atoms in total. The number of hydrogen-bond donors (Lipinski definition) is 2. The number of benzene rings is 3. The lowest BCUT2D eigenvalue weighted by molar-refractivity contribution is -0.123. The number of nitrogens with one attached hydrogen (secondary N) is 1. The van der Waals surface area contributed by atoms with Crippen molar-refractivity contribution in [1.82, 2.24) is 5.43 Å². The topological polar surface area (TPSA) is 70.9 Å². The van der Waals surface area contributed by atoms with Gasteiger partial charge in [0, 0.05) is 0 Å². The molecule has 0 aromatic heterocycles. The number of halogens is 2. The predicted molar refractivity (Wildman–Crippen MR) is 109 cm³/mol. The molecule has 0 heterocycles.